The Kier molecular flexibility index (Phi) is 12.0. The zero-order valence-corrected chi connectivity index (χ0v) is 24.9. The predicted octanol–water partition coefficient (Wildman–Crippen LogP) is 6.29. The smallest absolute Gasteiger partial charge is 0.380 e. The first-order valence-corrected chi connectivity index (χ1v) is 14.5. The molecule has 0 saturated heterocycles. The molecular weight excluding hydrogens is 558 g/mol. The average molecular weight is 598 g/mol. The van der Waals surface area contributed by atoms with Crippen molar-refractivity contribution in [2.45, 2.75) is 58.5 Å². The molecule has 1 heterocycles. The summed E-state index contributed by atoms with van der Waals surface area (Å²) in [7, 11) is 1.93. The SMILES string of the molecule is C=c1ccc(C(=O)NCC(F)(F)F)c(CC)/c1=C/N(C)CC(CCC)CCCC(=O)c1ccc(-c2ccc(F)cn2)cc1. The van der Waals surface area contributed by atoms with Crippen LogP contribution in [0.1, 0.15) is 72.2 Å². The topological polar surface area (TPSA) is 62.3 Å². The second-order valence-electron chi connectivity index (χ2n) is 10.8. The first kappa shape index (κ1) is 33.5. The van der Waals surface area contributed by atoms with Crippen molar-refractivity contribution >= 4 is 24.5 Å². The van der Waals surface area contributed by atoms with E-state index in [9.17, 15) is 27.2 Å². The minimum Gasteiger partial charge on any atom is -0.380 e. The van der Waals surface area contributed by atoms with Crippen molar-refractivity contribution in [3.8, 4) is 11.3 Å². The Hall–Kier alpha value is -4.01. The number of Topliss-reactive ketones (excluding diaryl/α,β-unsaturated/α-hetero) is 1. The van der Waals surface area contributed by atoms with Gasteiger partial charge < -0.3 is 10.2 Å². The molecule has 230 valence electrons. The van der Waals surface area contributed by atoms with Crippen molar-refractivity contribution in [2.75, 3.05) is 20.1 Å². The number of ketones is 1. The molecule has 1 amide bonds. The maximum atomic E-state index is 13.1. The number of benzene rings is 2. The second-order valence-corrected chi connectivity index (χ2v) is 10.8. The minimum absolute atomic E-state index is 0.0590. The molecule has 0 spiro atoms. The summed E-state index contributed by atoms with van der Waals surface area (Å²) in [6.07, 6.45) is 3.00. The average Bonchev–Trinajstić information content (AvgIpc) is 2.97. The Morgan fingerprint density at radius 2 is 1.77 bits per heavy atom. The van der Waals surface area contributed by atoms with Crippen molar-refractivity contribution in [2.24, 2.45) is 5.92 Å². The number of aromatic nitrogens is 1. The zero-order valence-electron chi connectivity index (χ0n) is 24.9. The molecule has 3 aromatic rings. The predicted molar refractivity (Wildman–Crippen MR) is 162 cm³/mol. The number of hydrogen-bond donors (Lipinski definition) is 1. The molecule has 0 aliphatic heterocycles. The fraction of sp³-hybridized carbons (Fsp3) is 0.382. The first-order chi connectivity index (χ1) is 20.4. The number of carbonyl (C=O) groups is 2. The highest BCUT2D eigenvalue weighted by molar-refractivity contribution is 5.96. The van der Waals surface area contributed by atoms with Crippen LogP contribution >= 0.6 is 0 Å². The van der Waals surface area contributed by atoms with Crippen molar-refractivity contribution in [1.82, 2.24) is 15.2 Å². The number of alkyl halides is 3. The molecular formula is C34H39F4N3O2. The summed E-state index contributed by atoms with van der Waals surface area (Å²) in [4.78, 5) is 31.5. The van der Waals surface area contributed by atoms with Crippen molar-refractivity contribution in [3.05, 3.63) is 87.7 Å². The van der Waals surface area contributed by atoms with Crippen LogP contribution in [0.4, 0.5) is 17.6 Å². The highest BCUT2D eigenvalue weighted by Gasteiger charge is 2.28. The second kappa shape index (κ2) is 15.5. The van der Waals surface area contributed by atoms with Gasteiger partial charge in [-0.3, -0.25) is 14.6 Å². The molecule has 1 aromatic heterocycles. The van der Waals surface area contributed by atoms with Gasteiger partial charge >= 0.3 is 6.18 Å². The van der Waals surface area contributed by atoms with Gasteiger partial charge in [0, 0.05) is 48.1 Å². The van der Waals surface area contributed by atoms with Gasteiger partial charge in [0.25, 0.3) is 5.91 Å². The molecule has 1 unspecified atom stereocenters. The zero-order chi connectivity index (χ0) is 31.6. The molecule has 0 radical (unpaired) electrons. The number of halogens is 4. The van der Waals surface area contributed by atoms with Crippen LogP contribution < -0.4 is 15.8 Å². The summed E-state index contributed by atoms with van der Waals surface area (Å²) in [5, 5.41) is 3.38. The van der Waals surface area contributed by atoms with Crippen LogP contribution in [0.2, 0.25) is 0 Å². The van der Waals surface area contributed by atoms with E-state index in [1.807, 2.05) is 42.5 Å². The third-order valence-electron chi connectivity index (χ3n) is 7.33. The van der Waals surface area contributed by atoms with Gasteiger partial charge in [-0.1, -0.05) is 57.2 Å². The molecule has 43 heavy (non-hydrogen) atoms. The van der Waals surface area contributed by atoms with Gasteiger partial charge in [-0.15, -0.1) is 0 Å². The molecule has 1 atom stereocenters. The Bertz CT molecular complexity index is 1490. The van der Waals surface area contributed by atoms with Crippen LogP contribution in [-0.4, -0.2) is 47.9 Å². The van der Waals surface area contributed by atoms with Gasteiger partial charge in [0.05, 0.1) is 11.9 Å². The minimum atomic E-state index is -4.49. The number of nitrogens with one attached hydrogen (secondary N) is 1. The summed E-state index contributed by atoms with van der Waals surface area (Å²) in [5.41, 5.74) is 2.93. The van der Waals surface area contributed by atoms with Gasteiger partial charge in [0.2, 0.25) is 0 Å². The summed E-state index contributed by atoms with van der Waals surface area (Å²) < 4.78 is 51.1. The van der Waals surface area contributed by atoms with E-state index in [1.54, 1.807) is 24.3 Å². The Labute approximate surface area is 250 Å². The fourth-order valence-corrected chi connectivity index (χ4v) is 5.23. The van der Waals surface area contributed by atoms with Crippen molar-refractivity contribution in [3.63, 3.8) is 0 Å². The van der Waals surface area contributed by atoms with Crippen molar-refractivity contribution < 1.29 is 27.2 Å². The van der Waals surface area contributed by atoms with Gasteiger partial charge in [0.1, 0.15) is 12.4 Å². The first-order valence-electron chi connectivity index (χ1n) is 14.5. The van der Waals surface area contributed by atoms with E-state index < -0.39 is 24.4 Å². The largest absolute Gasteiger partial charge is 0.405 e. The third kappa shape index (κ3) is 10.0. The maximum absolute atomic E-state index is 13.1. The van der Waals surface area contributed by atoms with Crippen molar-refractivity contribution in [1.29, 1.82) is 0 Å². The number of rotatable bonds is 14. The summed E-state index contributed by atoms with van der Waals surface area (Å²) in [6, 6.07) is 13.3. The lowest BCUT2D eigenvalue weighted by molar-refractivity contribution is -0.123. The summed E-state index contributed by atoms with van der Waals surface area (Å²) >= 11 is 0. The highest BCUT2D eigenvalue weighted by Crippen LogP contribution is 2.21. The van der Waals surface area contributed by atoms with Crippen LogP contribution in [-0.2, 0) is 6.42 Å². The Balaban J connectivity index is 1.64. The third-order valence-corrected chi connectivity index (χ3v) is 7.33. The van der Waals surface area contributed by atoms with Crippen LogP contribution in [0.25, 0.3) is 24.0 Å². The van der Waals surface area contributed by atoms with E-state index >= 15 is 0 Å². The van der Waals surface area contributed by atoms with E-state index in [-0.39, 0.29) is 11.3 Å². The highest BCUT2D eigenvalue weighted by atomic mass is 19.4. The monoisotopic (exact) mass is 597 g/mol. The Morgan fingerprint density at radius 1 is 1.05 bits per heavy atom. The van der Waals surface area contributed by atoms with Gasteiger partial charge in [-0.05, 0) is 60.6 Å². The fourth-order valence-electron chi connectivity index (χ4n) is 5.23. The molecule has 3 rings (SSSR count). The number of hydrogen-bond acceptors (Lipinski definition) is 4. The van der Waals surface area contributed by atoms with E-state index in [1.165, 1.54) is 12.1 Å². The van der Waals surface area contributed by atoms with Gasteiger partial charge in [-0.2, -0.15) is 13.2 Å². The van der Waals surface area contributed by atoms with E-state index in [0.717, 1.165) is 42.7 Å². The molecule has 0 aliphatic rings. The molecule has 9 heteroatoms. The Morgan fingerprint density at radius 3 is 2.37 bits per heavy atom. The molecule has 1 N–H and O–H groups in total. The van der Waals surface area contributed by atoms with Crippen LogP contribution in [0.3, 0.4) is 0 Å². The van der Waals surface area contributed by atoms with Gasteiger partial charge in [0.15, 0.2) is 5.78 Å². The maximum Gasteiger partial charge on any atom is 0.405 e. The quantitative estimate of drug-likeness (QED) is 0.175. The van der Waals surface area contributed by atoms with E-state index in [0.29, 0.717) is 47.3 Å². The van der Waals surface area contributed by atoms with Gasteiger partial charge in [-0.25, -0.2) is 4.39 Å². The van der Waals surface area contributed by atoms with Crippen LogP contribution in [0, 0.1) is 11.7 Å². The number of carbonyl (C=O) groups excluding carboxylic acids is 2. The standard InChI is InChI=1S/C34H39F4N3O2/c1-5-8-24(9-7-10-32(42)26-14-12-25(13-15-26)31-18-16-27(35)19-39-31)20-41(4)21-30-23(3)11-17-29(28(30)6-2)33(43)40-22-34(36,37)38/h11-19,21,24H,3,5-10,20,22H2,1-2,4H3,(H,40,43)/b30-21+. The summed E-state index contributed by atoms with van der Waals surface area (Å²) in [6.45, 7) is 7.38. The van der Waals surface area contributed by atoms with Crippen LogP contribution in [0.5, 0.6) is 0 Å². The lowest BCUT2D eigenvalue weighted by Gasteiger charge is -2.23. The lowest BCUT2D eigenvalue weighted by Crippen LogP contribution is -2.38. The normalized spacial score (nSPS) is 12.7. The van der Waals surface area contributed by atoms with E-state index in [4.69, 9.17) is 0 Å². The lowest BCUT2D eigenvalue weighted by atomic mass is 9.94. The van der Waals surface area contributed by atoms with E-state index in [2.05, 4.69) is 18.5 Å². The van der Waals surface area contributed by atoms with Crippen LogP contribution in [0.15, 0.2) is 54.7 Å². The number of pyridine rings is 1. The molecule has 0 bridgehead atoms. The number of amides is 1. The molecule has 5 nitrogen and oxygen atoms in total. The molecule has 0 fully saturated rings. The number of nitrogens with zero attached hydrogens (tertiary/aromatic N) is 2. The summed E-state index contributed by atoms with van der Waals surface area (Å²) in [5.74, 6) is -0.784. The molecule has 0 aliphatic carbocycles. The molecule has 2 aromatic carbocycles. The molecule has 0 saturated carbocycles.